The number of fused-ring (bicyclic) bond motifs is 1. The van der Waals surface area contributed by atoms with E-state index < -0.39 is 132 Å². The average molecular weight is 1270 g/mol. The molecule has 78 heavy (non-hydrogen) atoms. The Morgan fingerprint density at radius 2 is 1.60 bits per heavy atom. The summed E-state index contributed by atoms with van der Waals surface area (Å²) in [5.74, 6) is -5.05. The van der Waals surface area contributed by atoms with Crippen LogP contribution in [0.5, 0.6) is 0 Å². The van der Waals surface area contributed by atoms with Crippen molar-refractivity contribution in [1.29, 1.82) is 0 Å². The lowest BCUT2D eigenvalue weighted by atomic mass is 9.87. The Balaban J connectivity index is 1.14. The number of hydroxylamine groups is 1. The lowest BCUT2D eigenvalue weighted by Gasteiger charge is -2.30. The number of carboxylic acids is 1. The monoisotopic (exact) mass is 1270 g/mol. The first-order valence-corrected chi connectivity index (χ1v) is 29.8. The number of nitrogens with zero attached hydrogens (tertiary/aromatic N) is 5. The Morgan fingerprint density at radius 3 is 2.26 bits per heavy atom. The number of phosphoric acid groups is 3. The van der Waals surface area contributed by atoms with E-state index in [-0.39, 0.29) is 66.5 Å². The van der Waals surface area contributed by atoms with Crippen LogP contribution in [0.25, 0.3) is 11.2 Å². The van der Waals surface area contributed by atoms with Crippen LogP contribution in [0.2, 0.25) is 0 Å². The minimum atomic E-state index is -5.65. The number of hydrogen-bond acceptors (Lipinski definition) is 26. The number of anilines is 2. The van der Waals surface area contributed by atoms with Crippen LogP contribution in [0.15, 0.2) is 41.4 Å². The lowest BCUT2D eigenvalue weighted by molar-refractivity contribution is -0.138. The molecule has 1 fully saturated rings. The molecular formula is C38H57BrN11O23P3S2. The van der Waals surface area contributed by atoms with E-state index in [2.05, 4.69) is 61.0 Å². The topological polar surface area (TPSA) is 529 Å². The summed E-state index contributed by atoms with van der Waals surface area (Å²) < 4.78 is 63.1. The highest BCUT2D eigenvalue weighted by molar-refractivity contribution is 9.10. The molecule has 0 aliphatic carbocycles. The number of nitrogens with one attached hydrogen (secondary N) is 4. The van der Waals surface area contributed by atoms with E-state index in [1.807, 2.05) is 0 Å². The summed E-state index contributed by atoms with van der Waals surface area (Å²) in [5.41, 5.74) is 8.65. The third-order valence-corrected chi connectivity index (χ3v) is 16.2. The van der Waals surface area contributed by atoms with E-state index in [1.54, 1.807) is 12.1 Å². The van der Waals surface area contributed by atoms with Crippen LogP contribution in [0.1, 0.15) is 39.3 Å². The molecule has 0 spiro atoms. The van der Waals surface area contributed by atoms with Crippen molar-refractivity contribution in [3.05, 3.63) is 41.4 Å². The van der Waals surface area contributed by atoms with Gasteiger partial charge in [-0.2, -0.15) is 4.31 Å². The predicted molar refractivity (Wildman–Crippen MR) is 274 cm³/mol. The quantitative estimate of drug-likeness (QED) is 0.0141. The summed E-state index contributed by atoms with van der Waals surface area (Å²) in [4.78, 5) is 125. The maximum absolute atomic E-state index is 12.8. The van der Waals surface area contributed by atoms with Crippen molar-refractivity contribution >= 4 is 120 Å². The number of nitrogens with two attached hydrogens (primary N) is 2. The van der Waals surface area contributed by atoms with Gasteiger partial charge >= 0.3 is 29.4 Å². The third-order valence-electron chi connectivity index (χ3n) is 10.5. The van der Waals surface area contributed by atoms with Crippen molar-refractivity contribution < 1.29 is 110 Å². The van der Waals surface area contributed by atoms with Crippen LogP contribution < -0.4 is 37.8 Å². The highest BCUT2D eigenvalue weighted by Crippen LogP contribution is 2.61. The number of aliphatic carboxylic acids is 1. The van der Waals surface area contributed by atoms with E-state index in [4.69, 9.17) is 30.4 Å². The average Bonchev–Trinajstić information content (AvgIpc) is 3.93. The summed E-state index contributed by atoms with van der Waals surface area (Å²) in [6, 6.07) is 3.63. The molecule has 0 bridgehead atoms. The number of aliphatic hydroxyl groups excluding tert-OH is 3. The van der Waals surface area contributed by atoms with E-state index in [9.17, 15) is 82.6 Å². The van der Waals surface area contributed by atoms with Crippen LogP contribution in [-0.4, -0.2) is 186 Å². The summed E-state index contributed by atoms with van der Waals surface area (Å²) in [6.07, 6.45) is -7.94. The smallest absolute Gasteiger partial charge is 0.480 e. The molecule has 1 aromatic carbocycles. The molecule has 1 saturated heterocycles. The molecule has 1 aliphatic heterocycles. The molecule has 436 valence electrons. The van der Waals surface area contributed by atoms with E-state index in [0.717, 1.165) is 29.0 Å². The fraction of sp³-hybridized carbons (Fsp3) is 0.553. The largest absolute Gasteiger partial charge is 0.481 e. The van der Waals surface area contributed by atoms with Crippen molar-refractivity contribution in [3.63, 3.8) is 0 Å². The molecule has 3 aromatic rings. The van der Waals surface area contributed by atoms with E-state index in [1.165, 1.54) is 26.0 Å². The molecule has 17 N–H and O–H groups in total. The Morgan fingerprint density at radius 1 is 0.936 bits per heavy atom. The zero-order chi connectivity index (χ0) is 58.3. The molecule has 4 amide bonds. The van der Waals surface area contributed by atoms with Gasteiger partial charge in [0, 0.05) is 47.3 Å². The second-order valence-electron chi connectivity index (χ2n) is 17.1. The number of rotatable bonds is 32. The first-order chi connectivity index (χ1) is 36.3. The molecule has 10 atom stereocenters. The van der Waals surface area contributed by atoms with Gasteiger partial charge in [0.25, 0.3) is 0 Å². The Labute approximate surface area is 458 Å². The minimum Gasteiger partial charge on any atom is -0.480 e. The number of benzene rings is 1. The number of halogens is 1. The SMILES string of the molecule is CC(C)(COP(=O)(O)OP(=O)(O)OCC1OC(n2cnc3c(N)ncnc32)C(O)C1OP(=O)(O)O)C(O)C(=O)NCCC(=O)NCCSC(=O)C(N)CCC(=O)NC(CSC(O)N(O)c1ccc(Br)cc1)C(=O)NCC(=O)O. The molecular weight excluding hydrogens is 1220 g/mol. The number of nitrogen functional groups attached to an aromatic ring is 1. The number of carboxylic acid groups (broad SMARTS) is 1. The van der Waals surface area contributed by atoms with Crippen molar-refractivity contribution in [2.45, 2.75) is 81.4 Å². The molecule has 10 unspecified atom stereocenters. The second kappa shape index (κ2) is 29.4. The van der Waals surface area contributed by atoms with Gasteiger partial charge < -0.3 is 77.5 Å². The number of imidazole rings is 1. The number of aromatic nitrogens is 4. The number of aliphatic hydroxyl groups is 3. The van der Waals surface area contributed by atoms with Gasteiger partial charge in [-0.25, -0.2) is 33.7 Å². The number of carbonyl (C=O) groups is 6. The summed E-state index contributed by atoms with van der Waals surface area (Å²) in [5, 5.41) is 60.6. The zero-order valence-electron chi connectivity index (χ0n) is 40.8. The third kappa shape index (κ3) is 21.0. The van der Waals surface area contributed by atoms with Gasteiger partial charge in [0.1, 0.15) is 48.8 Å². The second-order valence-corrected chi connectivity index (χ2v) is 24.4. The Bertz CT molecular complexity index is 2730. The fourth-order valence-electron chi connectivity index (χ4n) is 6.50. The van der Waals surface area contributed by atoms with Crippen molar-refractivity contribution in [1.82, 2.24) is 40.8 Å². The van der Waals surface area contributed by atoms with Gasteiger partial charge in [0.15, 0.2) is 23.3 Å². The van der Waals surface area contributed by atoms with Crippen molar-refractivity contribution in [3.8, 4) is 0 Å². The molecule has 1 aliphatic rings. The van der Waals surface area contributed by atoms with Crippen LogP contribution in [0, 0.1) is 5.41 Å². The Hall–Kier alpha value is -4.30. The van der Waals surface area contributed by atoms with Crippen LogP contribution in [0.3, 0.4) is 0 Å². The number of phosphoric ester groups is 3. The van der Waals surface area contributed by atoms with Gasteiger partial charge in [-0.15, -0.1) is 11.8 Å². The van der Waals surface area contributed by atoms with Gasteiger partial charge in [-0.05, 0) is 30.7 Å². The predicted octanol–water partition coefficient (Wildman–Crippen LogP) is -1.87. The van der Waals surface area contributed by atoms with Crippen molar-refractivity contribution in [2.75, 3.05) is 55.2 Å². The number of carbonyl (C=O) groups excluding carboxylic acids is 5. The number of hydrogen-bond donors (Lipinski definition) is 15. The molecule has 4 rings (SSSR count). The highest BCUT2D eigenvalue weighted by atomic mass is 79.9. The first-order valence-electron chi connectivity index (χ1n) is 22.4. The Kier molecular flexibility index (Phi) is 25.0. The zero-order valence-corrected chi connectivity index (χ0v) is 46.7. The van der Waals surface area contributed by atoms with Gasteiger partial charge in [-0.1, -0.05) is 41.5 Å². The number of ether oxygens (including phenoxy) is 1. The van der Waals surface area contributed by atoms with Gasteiger partial charge in [-0.3, -0.25) is 52.1 Å². The first kappa shape index (κ1) is 66.2. The van der Waals surface area contributed by atoms with E-state index >= 15 is 0 Å². The highest BCUT2D eigenvalue weighted by Gasteiger charge is 2.50. The molecule has 40 heteroatoms. The van der Waals surface area contributed by atoms with Gasteiger partial charge in [0.05, 0.1) is 31.3 Å². The summed E-state index contributed by atoms with van der Waals surface area (Å²) >= 11 is 4.62. The standard InChI is InChI=1S/C38H57BrN11O23P3S2/c1-38(2,16-70-76(67,68)73-75(65,66)69-14-23-29(72-74(62,63)64)28(55)35(71-23)49-18-47-27-31(41)45-17-46-32(27)49)30(56)34(58)43-10-9-24(51)42-11-12-77-36(59)21(40)7-8-25(52)48-22(33(57)44-13-26(53)54)15-78-37(60)50(61)20-5-3-19(39)4-6-20/h3-6,17-18,21-23,28-30,35,37,55-56,60-61H,7-16,40H2,1-2H3,(H,42,51)(H,43,58)(H,44,57)(H,48,52)(H,53,54)(H,65,66)(H,67,68)(H2,41,45,46)(H2,62,63,64). The number of amides is 4. The maximum Gasteiger partial charge on any atom is 0.481 e. The summed E-state index contributed by atoms with van der Waals surface area (Å²) in [6.45, 7) is -0.916. The van der Waals surface area contributed by atoms with Crippen LogP contribution in [-0.2, 0) is 65.1 Å². The molecule has 2 aromatic heterocycles. The van der Waals surface area contributed by atoms with Crippen molar-refractivity contribution in [2.24, 2.45) is 11.1 Å². The van der Waals surface area contributed by atoms with Crippen LogP contribution >= 0.6 is 62.9 Å². The van der Waals surface area contributed by atoms with Crippen LogP contribution in [0.4, 0.5) is 11.5 Å². The minimum absolute atomic E-state index is 0.000621. The van der Waals surface area contributed by atoms with Gasteiger partial charge in [0.2, 0.25) is 28.7 Å². The molecule has 3 heterocycles. The fourth-order valence-corrected chi connectivity index (χ4v) is 11.2. The lowest BCUT2D eigenvalue weighted by Crippen LogP contribution is -2.50. The normalized spacial score (nSPS) is 19.8. The van der Waals surface area contributed by atoms with E-state index in [0.29, 0.717) is 21.3 Å². The molecule has 0 radical (unpaired) electrons. The number of thioether (sulfide) groups is 2. The maximum atomic E-state index is 12.8. The summed E-state index contributed by atoms with van der Waals surface area (Å²) in [7, 11) is -16.6. The molecule has 34 nitrogen and oxygen atoms in total. The molecule has 0 saturated carbocycles.